The normalized spacial score (nSPS) is 12.5. The Kier molecular flexibility index (Phi) is 6.88. The van der Waals surface area contributed by atoms with Crippen molar-refractivity contribution < 1.29 is 9.53 Å². The van der Waals surface area contributed by atoms with Crippen LogP contribution in [-0.2, 0) is 28.2 Å². The third-order valence-corrected chi connectivity index (χ3v) is 4.72. The van der Waals surface area contributed by atoms with Gasteiger partial charge in [0, 0.05) is 18.1 Å². The van der Waals surface area contributed by atoms with Gasteiger partial charge in [0.05, 0.1) is 23.0 Å². The second-order valence-electron chi connectivity index (χ2n) is 4.02. The number of hydrogen-bond donors (Lipinski definition) is 1. The second kappa shape index (κ2) is 7.91. The summed E-state index contributed by atoms with van der Waals surface area (Å²) in [4.78, 5) is 11.2. The largest absolute Gasteiger partial charge is 0.468 e. The van der Waals surface area contributed by atoms with Gasteiger partial charge in [-0.25, -0.2) is 0 Å². The molecule has 0 fully saturated rings. The predicted octanol–water partition coefficient (Wildman–Crippen LogP) is 1.96. The van der Waals surface area contributed by atoms with Gasteiger partial charge >= 0.3 is 5.97 Å². The molecule has 0 aliphatic rings. The van der Waals surface area contributed by atoms with Gasteiger partial charge in [-0.05, 0) is 29.3 Å². The van der Waals surface area contributed by atoms with E-state index in [0.29, 0.717) is 5.75 Å². The van der Waals surface area contributed by atoms with E-state index < -0.39 is 6.04 Å². The quantitative estimate of drug-likeness (QED) is 0.762. The van der Waals surface area contributed by atoms with Gasteiger partial charge in [0.1, 0.15) is 6.04 Å². The summed E-state index contributed by atoms with van der Waals surface area (Å²) >= 11 is 5.20. The third-order valence-electron chi connectivity index (χ3n) is 2.73. The monoisotopic (exact) mass is 349 g/mol. The minimum absolute atomic E-state index is 0.371. The zero-order valence-electron chi connectivity index (χ0n) is 11.5. The van der Waals surface area contributed by atoms with E-state index in [1.807, 2.05) is 4.68 Å². The fraction of sp³-hybridized carbons (Fsp3) is 0.667. The Morgan fingerprint density at radius 1 is 1.58 bits per heavy atom. The second-order valence-corrected chi connectivity index (χ2v) is 5.84. The topological polar surface area (TPSA) is 70.1 Å². The molecular weight excluding hydrogens is 330 g/mol. The summed E-state index contributed by atoms with van der Waals surface area (Å²) < 4.78 is 7.65. The van der Waals surface area contributed by atoms with Crippen LogP contribution >= 0.6 is 27.7 Å². The first-order chi connectivity index (χ1) is 9.04. The fourth-order valence-electron chi connectivity index (χ4n) is 1.66. The maximum atomic E-state index is 11.2. The lowest BCUT2D eigenvalue weighted by Gasteiger charge is -2.09. The molecule has 19 heavy (non-hydrogen) atoms. The molecule has 1 atom stereocenters. The van der Waals surface area contributed by atoms with Crippen LogP contribution in [0.15, 0.2) is 4.47 Å². The molecule has 1 aromatic heterocycles. The maximum Gasteiger partial charge on any atom is 0.323 e. The number of hydrogen-bond acceptors (Lipinski definition) is 5. The molecule has 1 unspecified atom stereocenters. The highest BCUT2D eigenvalue weighted by Gasteiger charge is 2.17. The van der Waals surface area contributed by atoms with Crippen molar-refractivity contribution in [2.24, 2.45) is 5.73 Å². The minimum atomic E-state index is -0.572. The smallest absolute Gasteiger partial charge is 0.323 e. The van der Waals surface area contributed by atoms with Gasteiger partial charge in [-0.3, -0.25) is 9.48 Å². The molecule has 5 nitrogen and oxygen atoms in total. The lowest BCUT2D eigenvalue weighted by molar-refractivity contribution is -0.141. The minimum Gasteiger partial charge on any atom is -0.468 e. The summed E-state index contributed by atoms with van der Waals surface area (Å²) in [7, 11) is 1.35. The van der Waals surface area contributed by atoms with E-state index in [4.69, 9.17) is 5.73 Å². The number of halogens is 1. The molecular formula is C12H20BrN3O2S. The van der Waals surface area contributed by atoms with E-state index >= 15 is 0 Å². The Balaban J connectivity index is 2.62. The van der Waals surface area contributed by atoms with Gasteiger partial charge in [-0.2, -0.15) is 16.9 Å². The lowest BCUT2D eigenvalue weighted by atomic mass is 10.3. The molecule has 1 heterocycles. The summed E-state index contributed by atoms with van der Waals surface area (Å²) in [5, 5.41) is 4.53. The molecule has 1 aromatic rings. The molecule has 0 bridgehead atoms. The zero-order valence-corrected chi connectivity index (χ0v) is 13.9. The summed E-state index contributed by atoms with van der Waals surface area (Å²) in [6, 6.07) is -0.572. The van der Waals surface area contributed by atoms with Gasteiger partial charge < -0.3 is 10.5 Å². The molecule has 1 rings (SSSR count). The lowest BCUT2D eigenvalue weighted by Crippen LogP contribution is -2.33. The SMILES string of the molecule is CCc1nn(CC)c(CSCC(N)C(=O)OC)c1Br. The summed E-state index contributed by atoms with van der Waals surface area (Å²) in [6.45, 7) is 4.97. The highest BCUT2D eigenvalue weighted by molar-refractivity contribution is 9.10. The third kappa shape index (κ3) is 4.22. The Bertz CT molecular complexity index is 437. The fourth-order valence-corrected chi connectivity index (χ4v) is 3.54. The van der Waals surface area contributed by atoms with Crippen LogP contribution in [-0.4, -0.2) is 34.7 Å². The number of carbonyl (C=O) groups is 1. The molecule has 0 amide bonds. The Labute approximate surface area is 126 Å². The molecule has 0 aliphatic heterocycles. The Morgan fingerprint density at radius 2 is 2.26 bits per heavy atom. The highest BCUT2D eigenvalue weighted by Crippen LogP contribution is 2.26. The van der Waals surface area contributed by atoms with Crippen molar-refractivity contribution in [1.82, 2.24) is 9.78 Å². The van der Waals surface area contributed by atoms with Gasteiger partial charge in [0.2, 0.25) is 0 Å². The molecule has 0 aromatic carbocycles. The zero-order chi connectivity index (χ0) is 14.4. The number of methoxy groups -OCH3 is 1. The Hall–Kier alpha value is -0.530. The van der Waals surface area contributed by atoms with Crippen LogP contribution in [0.25, 0.3) is 0 Å². The molecule has 7 heteroatoms. The van der Waals surface area contributed by atoms with Crippen LogP contribution in [0, 0.1) is 0 Å². The standard InChI is InChI=1S/C12H20BrN3O2S/c1-4-9-11(13)10(16(5-2)15-9)7-19-6-8(14)12(17)18-3/h8H,4-7,14H2,1-3H3. The molecule has 0 spiro atoms. The summed E-state index contributed by atoms with van der Waals surface area (Å²) in [5.41, 5.74) is 7.91. The van der Waals surface area contributed by atoms with Crippen LogP contribution in [0.5, 0.6) is 0 Å². The van der Waals surface area contributed by atoms with Crippen molar-refractivity contribution in [3.05, 3.63) is 15.9 Å². The number of aromatic nitrogens is 2. The first-order valence-electron chi connectivity index (χ1n) is 6.20. The van der Waals surface area contributed by atoms with E-state index in [1.54, 1.807) is 11.8 Å². The van der Waals surface area contributed by atoms with Gasteiger partial charge in [0.15, 0.2) is 0 Å². The number of nitrogens with two attached hydrogens (primary N) is 1. The number of carbonyl (C=O) groups excluding carboxylic acids is 1. The molecule has 108 valence electrons. The van der Waals surface area contributed by atoms with E-state index in [0.717, 1.165) is 34.6 Å². The maximum absolute atomic E-state index is 11.2. The molecule has 0 saturated carbocycles. The van der Waals surface area contributed by atoms with Crippen LogP contribution in [0.1, 0.15) is 25.2 Å². The van der Waals surface area contributed by atoms with E-state index in [-0.39, 0.29) is 5.97 Å². The van der Waals surface area contributed by atoms with Gasteiger partial charge in [-0.15, -0.1) is 0 Å². The van der Waals surface area contributed by atoms with Crippen LogP contribution < -0.4 is 5.73 Å². The van der Waals surface area contributed by atoms with Crippen LogP contribution in [0.3, 0.4) is 0 Å². The van der Waals surface area contributed by atoms with Gasteiger partial charge in [0.25, 0.3) is 0 Å². The van der Waals surface area contributed by atoms with Crippen molar-refractivity contribution >= 4 is 33.7 Å². The number of ether oxygens (including phenoxy) is 1. The predicted molar refractivity (Wildman–Crippen MR) is 81.1 cm³/mol. The number of rotatable bonds is 7. The summed E-state index contributed by atoms with van der Waals surface area (Å²) in [6.07, 6.45) is 0.896. The molecule has 0 saturated heterocycles. The molecule has 0 radical (unpaired) electrons. The van der Waals surface area contributed by atoms with Crippen molar-refractivity contribution in [3.8, 4) is 0 Å². The first kappa shape index (κ1) is 16.5. The van der Waals surface area contributed by atoms with E-state index in [2.05, 4.69) is 39.6 Å². The van der Waals surface area contributed by atoms with E-state index in [1.165, 1.54) is 7.11 Å². The van der Waals surface area contributed by atoms with Crippen molar-refractivity contribution in [3.63, 3.8) is 0 Å². The molecule has 2 N–H and O–H groups in total. The van der Waals surface area contributed by atoms with Crippen molar-refractivity contribution in [1.29, 1.82) is 0 Å². The van der Waals surface area contributed by atoms with Gasteiger partial charge in [-0.1, -0.05) is 6.92 Å². The number of esters is 1. The average molecular weight is 350 g/mol. The highest BCUT2D eigenvalue weighted by atomic mass is 79.9. The summed E-state index contributed by atoms with van der Waals surface area (Å²) in [5.74, 6) is 0.937. The molecule has 0 aliphatic carbocycles. The van der Waals surface area contributed by atoms with Crippen LogP contribution in [0.4, 0.5) is 0 Å². The Morgan fingerprint density at radius 3 is 2.79 bits per heavy atom. The van der Waals surface area contributed by atoms with E-state index in [9.17, 15) is 4.79 Å². The number of nitrogens with zero attached hydrogens (tertiary/aromatic N) is 2. The van der Waals surface area contributed by atoms with Crippen LogP contribution in [0.2, 0.25) is 0 Å². The van der Waals surface area contributed by atoms with Crippen molar-refractivity contribution in [2.45, 2.75) is 38.6 Å². The number of thioether (sulfide) groups is 1. The number of aryl methyl sites for hydroxylation is 2. The average Bonchev–Trinajstić information content (AvgIpc) is 2.74. The first-order valence-corrected chi connectivity index (χ1v) is 8.15. The van der Waals surface area contributed by atoms with Crippen molar-refractivity contribution in [2.75, 3.05) is 12.9 Å².